The van der Waals surface area contributed by atoms with Crippen molar-refractivity contribution in [2.75, 3.05) is 0 Å². The molecule has 0 aromatic heterocycles. The normalized spacial score (nSPS) is 3.00. The molecule has 0 aliphatic carbocycles. The second-order valence-electron chi connectivity index (χ2n) is 0.333. The van der Waals surface area contributed by atoms with Crippen LogP contribution >= 0.6 is 0 Å². The number of nitrogens with zero attached hydrogens (tertiary/aromatic N) is 1. The van der Waals surface area contributed by atoms with E-state index < -0.39 is 0 Å². The van der Waals surface area contributed by atoms with Crippen LogP contribution in [-0.4, -0.2) is 0 Å². The number of allylic oxidation sites excluding steroid dienone is 1. The van der Waals surface area contributed by atoms with Gasteiger partial charge in [-0.25, -0.2) is 0 Å². The Labute approximate surface area is 46.8 Å². The van der Waals surface area contributed by atoms with Gasteiger partial charge in [-0.15, -0.1) is 0 Å². The Morgan fingerprint density at radius 3 is 2.00 bits per heavy atom. The van der Waals surface area contributed by atoms with Crippen molar-refractivity contribution in [2.45, 2.75) is 0 Å². The summed E-state index contributed by atoms with van der Waals surface area (Å²) in [7, 11) is 0. The first-order valence-electron chi connectivity index (χ1n) is 0.921. The molecule has 0 atom stereocenters. The zero-order valence-electron chi connectivity index (χ0n) is 2.53. The maximum atomic E-state index is 7.51. The first-order chi connectivity index (χ1) is 1.91. The summed E-state index contributed by atoms with van der Waals surface area (Å²) in [6.45, 7) is 3.12. The molecule has 0 aliphatic heterocycles. The summed E-state index contributed by atoms with van der Waals surface area (Å²) < 4.78 is 0. The Hall–Kier alpha value is -0.0297. The van der Waals surface area contributed by atoms with Crippen molar-refractivity contribution in [1.82, 2.24) is 0 Å². The summed E-state index contributed by atoms with van der Waals surface area (Å²) in [5, 5.41) is 7.51. The molecule has 0 spiro atoms. The van der Waals surface area contributed by atoms with Gasteiger partial charge >= 0.3 is 0 Å². The quantitative estimate of drug-likeness (QED) is 0.458. The average molecular weight is 250 g/mol. The zero-order valence-corrected chi connectivity index (χ0v) is 4.70. The second-order valence-corrected chi connectivity index (χ2v) is 0.333. The van der Waals surface area contributed by atoms with E-state index in [1.165, 1.54) is 6.08 Å². The second kappa shape index (κ2) is 9.02. The van der Waals surface area contributed by atoms with Crippen molar-refractivity contribution in [3.63, 3.8) is 0 Å². The summed E-state index contributed by atoms with van der Waals surface area (Å²) in [6, 6.07) is 1.69. The standard InChI is InChI=1S/C3H3N.Au/c1-2-3-4;/h2H,1H2;. The monoisotopic (exact) mass is 250 g/mol. The first-order valence-corrected chi connectivity index (χ1v) is 0.921. The van der Waals surface area contributed by atoms with E-state index in [2.05, 4.69) is 6.58 Å². The summed E-state index contributed by atoms with van der Waals surface area (Å²) >= 11 is 0. The topological polar surface area (TPSA) is 23.8 Å². The van der Waals surface area contributed by atoms with Gasteiger partial charge in [-0.2, -0.15) is 5.26 Å². The summed E-state index contributed by atoms with van der Waals surface area (Å²) in [5.41, 5.74) is 0. The van der Waals surface area contributed by atoms with Crippen LogP contribution in [0.1, 0.15) is 0 Å². The van der Waals surface area contributed by atoms with E-state index in [9.17, 15) is 0 Å². The Morgan fingerprint density at radius 1 is 1.80 bits per heavy atom. The number of rotatable bonds is 0. The van der Waals surface area contributed by atoms with E-state index in [0.29, 0.717) is 0 Å². The van der Waals surface area contributed by atoms with Crippen LogP contribution in [0.4, 0.5) is 0 Å². The molecule has 5 heavy (non-hydrogen) atoms. The minimum absolute atomic E-state index is 0. The van der Waals surface area contributed by atoms with Gasteiger partial charge in [0.25, 0.3) is 0 Å². The number of hydrogen-bond acceptors (Lipinski definition) is 1. The van der Waals surface area contributed by atoms with Crippen LogP contribution in [0.5, 0.6) is 0 Å². The summed E-state index contributed by atoms with van der Waals surface area (Å²) in [5.74, 6) is 0. The molecular weight excluding hydrogens is 247 g/mol. The molecular formula is C3H3AuN. The van der Waals surface area contributed by atoms with Gasteiger partial charge in [0, 0.05) is 28.5 Å². The van der Waals surface area contributed by atoms with E-state index in [1.807, 2.05) is 0 Å². The van der Waals surface area contributed by atoms with Crippen molar-refractivity contribution in [2.24, 2.45) is 0 Å². The van der Waals surface area contributed by atoms with Gasteiger partial charge in [0.1, 0.15) is 0 Å². The van der Waals surface area contributed by atoms with Crippen LogP contribution in [0.25, 0.3) is 0 Å². The van der Waals surface area contributed by atoms with Crippen LogP contribution in [0, 0.1) is 11.3 Å². The molecule has 2 heteroatoms. The largest absolute Gasteiger partial charge is 0.193 e. The Balaban J connectivity index is 0. The van der Waals surface area contributed by atoms with Crippen LogP contribution in [-0.2, 0) is 22.4 Å². The third-order valence-electron chi connectivity index (χ3n) is 0.0913. The number of nitriles is 1. The predicted molar refractivity (Wildman–Crippen MR) is 15.8 cm³/mol. The van der Waals surface area contributed by atoms with Gasteiger partial charge in [0.05, 0.1) is 6.07 Å². The molecule has 1 radical (unpaired) electrons. The average Bonchev–Trinajstić information content (AvgIpc) is 1.37. The third kappa shape index (κ3) is 16.4. The van der Waals surface area contributed by atoms with Crippen LogP contribution in [0.3, 0.4) is 0 Å². The van der Waals surface area contributed by atoms with E-state index >= 15 is 0 Å². The fourth-order valence-electron chi connectivity index (χ4n) is 0. The fraction of sp³-hybridized carbons (Fsp3) is 0. The van der Waals surface area contributed by atoms with Gasteiger partial charge in [-0.3, -0.25) is 0 Å². The summed E-state index contributed by atoms with van der Waals surface area (Å²) in [4.78, 5) is 0. The molecule has 0 amide bonds. The van der Waals surface area contributed by atoms with Gasteiger partial charge in [-0.05, 0) is 0 Å². The van der Waals surface area contributed by atoms with Crippen LogP contribution in [0.15, 0.2) is 12.7 Å². The third-order valence-corrected chi connectivity index (χ3v) is 0.0913. The van der Waals surface area contributed by atoms with E-state index in [4.69, 9.17) is 5.26 Å². The molecule has 0 saturated heterocycles. The summed E-state index contributed by atoms with van der Waals surface area (Å²) in [6.07, 6.45) is 1.18. The zero-order chi connectivity index (χ0) is 3.41. The SMILES string of the molecule is C=CC#N.[Au]. The Morgan fingerprint density at radius 2 is 2.00 bits per heavy atom. The van der Waals surface area contributed by atoms with Gasteiger partial charge < -0.3 is 0 Å². The van der Waals surface area contributed by atoms with Crippen molar-refractivity contribution in [3.8, 4) is 6.07 Å². The molecule has 0 aliphatic rings. The van der Waals surface area contributed by atoms with Crippen LogP contribution in [0.2, 0.25) is 0 Å². The predicted octanol–water partition coefficient (Wildman–Crippen LogP) is 0.693. The molecule has 0 rings (SSSR count). The Kier molecular flexibility index (Phi) is 16.0. The molecule has 31 valence electrons. The van der Waals surface area contributed by atoms with Gasteiger partial charge in [0.15, 0.2) is 0 Å². The van der Waals surface area contributed by atoms with Crippen LogP contribution < -0.4 is 0 Å². The maximum absolute atomic E-state index is 7.51. The fourth-order valence-corrected chi connectivity index (χ4v) is 0. The molecule has 0 fully saturated rings. The minimum atomic E-state index is 0. The molecule has 0 N–H and O–H groups in total. The van der Waals surface area contributed by atoms with E-state index in [1.54, 1.807) is 6.07 Å². The van der Waals surface area contributed by atoms with Crippen molar-refractivity contribution >= 4 is 0 Å². The molecule has 0 aromatic carbocycles. The molecule has 0 unspecified atom stereocenters. The van der Waals surface area contributed by atoms with Crippen molar-refractivity contribution < 1.29 is 22.4 Å². The first kappa shape index (κ1) is 8.88. The van der Waals surface area contributed by atoms with E-state index in [-0.39, 0.29) is 22.4 Å². The molecule has 0 saturated carbocycles. The van der Waals surface area contributed by atoms with Crippen molar-refractivity contribution in [3.05, 3.63) is 12.7 Å². The Bertz CT molecular complexity index is 52.4. The molecule has 1 nitrogen and oxygen atoms in total. The van der Waals surface area contributed by atoms with Crippen molar-refractivity contribution in [1.29, 1.82) is 5.26 Å². The van der Waals surface area contributed by atoms with E-state index in [0.717, 1.165) is 0 Å². The maximum Gasteiger partial charge on any atom is 0.0905 e. The smallest absolute Gasteiger partial charge is 0.0905 e. The minimum Gasteiger partial charge on any atom is -0.193 e. The molecule has 0 aromatic rings. The number of hydrogen-bond donors (Lipinski definition) is 0. The molecule has 0 bridgehead atoms. The van der Waals surface area contributed by atoms with Gasteiger partial charge in [0.2, 0.25) is 0 Å². The van der Waals surface area contributed by atoms with Gasteiger partial charge in [-0.1, -0.05) is 6.58 Å². The molecule has 0 heterocycles.